The summed E-state index contributed by atoms with van der Waals surface area (Å²) in [6.45, 7) is 2.87. The van der Waals surface area contributed by atoms with E-state index >= 15 is 0 Å². The van der Waals surface area contributed by atoms with E-state index in [4.69, 9.17) is 11.6 Å². The first-order valence-electron chi connectivity index (χ1n) is 10.8. The highest BCUT2D eigenvalue weighted by Gasteiger charge is 2.40. The molecule has 0 aliphatic carbocycles. The molecule has 1 fully saturated rings. The summed E-state index contributed by atoms with van der Waals surface area (Å²) in [5.41, 5.74) is -0.265. The van der Waals surface area contributed by atoms with E-state index in [2.05, 4.69) is 27.4 Å². The SMILES string of the molecule is O=C(NCC1CCCN(Cc2ccccc2)C1)c1cnn(-c2cccc(Cl)c2)c1C(F)(F)F. The number of piperidine rings is 1. The van der Waals surface area contributed by atoms with Gasteiger partial charge in [-0.25, -0.2) is 4.68 Å². The summed E-state index contributed by atoms with van der Waals surface area (Å²) >= 11 is 5.92. The lowest BCUT2D eigenvalue weighted by molar-refractivity contribution is -0.143. The molecule has 1 aliphatic rings. The van der Waals surface area contributed by atoms with Crippen LogP contribution in [0.4, 0.5) is 13.2 Å². The van der Waals surface area contributed by atoms with E-state index in [1.807, 2.05) is 18.2 Å². The predicted molar refractivity (Wildman–Crippen MR) is 120 cm³/mol. The van der Waals surface area contributed by atoms with E-state index < -0.39 is 23.3 Å². The van der Waals surface area contributed by atoms with Gasteiger partial charge in [0.1, 0.15) is 0 Å². The van der Waals surface area contributed by atoms with Crippen LogP contribution in [0, 0.1) is 5.92 Å². The summed E-state index contributed by atoms with van der Waals surface area (Å²) in [6, 6.07) is 16.0. The Morgan fingerprint density at radius 3 is 2.67 bits per heavy atom. The largest absolute Gasteiger partial charge is 0.434 e. The Labute approximate surface area is 195 Å². The highest BCUT2D eigenvalue weighted by atomic mass is 35.5. The number of likely N-dealkylation sites (tertiary alicyclic amines) is 1. The first kappa shape index (κ1) is 23.3. The molecule has 1 atom stereocenters. The van der Waals surface area contributed by atoms with Crippen LogP contribution in [0.25, 0.3) is 5.69 Å². The topological polar surface area (TPSA) is 50.2 Å². The average molecular weight is 477 g/mol. The van der Waals surface area contributed by atoms with E-state index in [0.717, 1.165) is 38.7 Å². The molecule has 0 spiro atoms. The number of aromatic nitrogens is 2. The first-order valence-corrected chi connectivity index (χ1v) is 11.1. The molecule has 3 aromatic rings. The molecule has 0 saturated carbocycles. The smallest absolute Gasteiger partial charge is 0.352 e. The monoisotopic (exact) mass is 476 g/mol. The highest BCUT2D eigenvalue weighted by molar-refractivity contribution is 6.30. The molecule has 2 aromatic carbocycles. The summed E-state index contributed by atoms with van der Waals surface area (Å²) in [5.74, 6) is -0.612. The van der Waals surface area contributed by atoms with Gasteiger partial charge in [0.15, 0.2) is 5.69 Å². The van der Waals surface area contributed by atoms with Crippen LogP contribution >= 0.6 is 11.6 Å². The molecule has 9 heteroatoms. The van der Waals surface area contributed by atoms with Crippen molar-refractivity contribution in [2.75, 3.05) is 19.6 Å². The summed E-state index contributed by atoms with van der Waals surface area (Å²) in [6.07, 6.45) is -1.90. The molecule has 1 amide bonds. The van der Waals surface area contributed by atoms with Crippen molar-refractivity contribution in [1.82, 2.24) is 20.0 Å². The van der Waals surface area contributed by atoms with Crippen LogP contribution in [-0.2, 0) is 12.7 Å². The van der Waals surface area contributed by atoms with Crippen molar-refractivity contribution in [3.05, 3.63) is 82.6 Å². The van der Waals surface area contributed by atoms with Gasteiger partial charge < -0.3 is 5.32 Å². The van der Waals surface area contributed by atoms with Crippen LogP contribution < -0.4 is 5.32 Å². The second-order valence-electron chi connectivity index (χ2n) is 8.24. The van der Waals surface area contributed by atoms with Crippen molar-refractivity contribution >= 4 is 17.5 Å². The van der Waals surface area contributed by atoms with Gasteiger partial charge in [0.25, 0.3) is 5.91 Å². The third-order valence-corrected chi connectivity index (χ3v) is 5.97. The molecule has 0 bridgehead atoms. The molecular formula is C24H24ClF3N4O. The minimum atomic E-state index is -4.76. The molecule has 1 N–H and O–H groups in total. The molecule has 1 saturated heterocycles. The normalized spacial score (nSPS) is 17.2. The number of hydrogen-bond donors (Lipinski definition) is 1. The molecule has 174 valence electrons. The number of alkyl halides is 3. The summed E-state index contributed by atoms with van der Waals surface area (Å²) < 4.78 is 42.3. The van der Waals surface area contributed by atoms with E-state index in [-0.39, 0.29) is 16.6 Å². The standard InChI is InChI=1S/C24H24ClF3N4O/c25-19-9-4-10-20(12-19)32-22(24(26,27)28)21(14-30-32)23(33)29-13-18-8-5-11-31(16-18)15-17-6-2-1-3-7-17/h1-4,6-7,9-10,12,14,18H,5,8,11,13,15-16H2,(H,29,33). The number of nitrogens with zero attached hydrogens (tertiary/aromatic N) is 3. The summed E-state index contributed by atoms with van der Waals surface area (Å²) in [7, 11) is 0. The lowest BCUT2D eigenvalue weighted by Crippen LogP contribution is -2.40. The van der Waals surface area contributed by atoms with Gasteiger partial charge in [0, 0.05) is 24.7 Å². The van der Waals surface area contributed by atoms with E-state index in [1.165, 1.54) is 23.8 Å². The molecule has 1 aromatic heterocycles. The first-order chi connectivity index (χ1) is 15.8. The minimum absolute atomic E-state index is 0.137. The van der Waals surface area contributed by atoms with Crippen molar-refractivity contribution in [3.8, 4) is 5.69 Å². The highest BCUT2D eigenvalue weighted by Crippen LogP contribution is 2.34. The van der Waals surface area contributed by atoms with Crippen molar-refractivity contribution in [3.63, 3.8) is 0 Å². The number of hydrogen-bond acceptors (Lipinski definition) is 3. The van der Waals surface area contributed by atoms with Crippen molar-refractivity contribution in [2.45, 2.75) is 25.6 Å². The second-order valence-corrected chi connectivity index (χ2v) is 8.67. The number of carbonyl (C=O) groups excluding carboxylic acids is 1. The summed E-state index contributed by atoms with van der Waals surface area (Å²) in [4.78, 5) is 15.0. The van der Waals surface area contributed by atoms with E-state index in [1.54, 1.807) is 6.07 Å². The van der Waals surface area contributed by atoms with Crippen LogP contribution in [-0.4, -0.2) is 40.2 Å². The molecule has 1 aliphatic heterocycles. The number of carbonyl (C=O) groups is 1. The molecule has 2 heterocycles. The lowest BCUT2D eigenvalue weighted by Gasteiger charge is -2.32. The molecule has 5 nitrogen and oxygen atoms in total. The lowest BCUT2D eigenvalue weighted by atomic mass is 9.97. The fourth-order valence-electron chi connectivity index (χ4n) is 4.23. The number of halogens is 4. The third kappa shape index (κ3) is 5.75. The molecular weight excluding hydrogens is 453 g/mol. The Bertz CT molecular complexity index is 1100. The van der Waals surface area contributed by atoms with Gasteiger partial charge in [0.2, 0.25) is 0 Å². The number of rotatable bonds is 6. The van der Waals surface area contributed by atoms with Gasteiger partial charge in [-0.05, 0) is 49.1 Å². The number of amides is 1. The van der Waals surface area contributed by atoms with Crippen LogP contribution in [0.15, 0.2) is 60.8 Å². The van der Waals surface area contributed by atoms with Gasteiger partial charge in [-0.15, -0.1) is 0 Å². The maximum absolute atomic E-state index is 13.9. The fraction of sp³-hybridized carbons (Fsp3) is 0.333. The Morgan fingerprint density at radius 2 is 1.94 bits per heavy atom. The number of benzene rings is 2. The van der Waals surface area contributed by atoms with Gasteiger partial charge in [-0.1, -0.05) is 48.0 Å². The van der Waals surface area contributed by atoms with Crippen LogP contribution in [0.3, 0.4) is 0 Å². The maximum atomic E-state index is 13.9. The molecule has 1 unspecified atom stereocenters. The molecule has 4 rings (SSSR count). The zero-order chi connectivity index (χ0) is 23.4. The molecule has 0 radical (unpaired) electrons. The van der Waals surface area contributed by atoms with E-state index in [0.29, 0.717) is 11.2 Å². The fourth-order valence-corrected chi connectivity index (χ4v) is 4.41. The van der Waals surface area contributed by atoms with Crippen molar-refractivity contribution in [2.24, 2.45) is 5.92 Å². The Kier molecular flexibility index (Phi) is 7.05. The quantitative estimate of drug-likeness (QED) is 0.533. The van der Waals surface area contributed by atoms with Crippen LogP contribution in [0.2, 0.25) is 5.02 Å². The van der Waals surface area contributed by atoms with Crippen LogP contribution in [0.5, 0.6) is 0 Å². The van der Waals surface area contributed by atoms with Crippen molar-refractivity contribution in [1.29, 1.82) is 0 Å². The zero-order valence-corrected chi connectivity index (χ0v) is 18.6. The Balaban J connectivity index is 1.44. The van der Waals surface area contributed by atoms with E-state index in [9.17, 15) is 18.0 Å². The summed E-state index contributed by atoms with van der Waals surface area (Å²) in [5, 5.41) is 6.81. The predicted octanol–water partition coefficient (Wildman–Crippen LogP) is 5.19. The van der Waals surface area contributed by atoms with Gasteiger partial charge in [0.05, 0.1) is 17.4 Å². The zero-order valence-electron chi connectivity index (χ0n) is 17.9. The Hall–Kier alpha value is -2.84. The molecule has 33 heavy (non-hydrogen) atoms. The third-order valence-electron chi connectivity index (χ3n) is 5.74. The number of nitrogens with one attached hydrogen (secondary N) is 1. The van der Waals surface area contributed by atoms with Gasteiger partial charge in [-0.2, -0.15) is 18.3 Å². The van der Waals surface area contributed by atoms with Crippen molar-refractivity contribution < 1.29 is 18.0 Å². The average Bonchev–Trinajstić information content (AvgIpc) is 3.25. The maximum Gasteiger partial charge on any atom is 0.434 e. The van der Waals surface area contributed by atoms with Gasteiger partial charge >= 0.3 is 6.18 Å². The van der Waals surface area contributed by atoms with Crippen LogP contribution in [0.1, 0.15) is 34.5 Å². The second kappa shape index (κ2) is 9.97. The van der Waals surface area contributed by atoms with Gasteiger partial charge in [-0.3, -0.25) is 9.69 Å². The minimum Gasteiger partial charge on any atom is -0.352 e. The Morgan fingerprint density at radius 1 is 1.15 bits per heavy atom.